The van der Waals surface area contributed by atoms with Gasteiger partial charge in [-0.3, -0.25) is 0 Å². The van der Waals surface area contributed by atoms with Crippen LogP contribution in [0.1, 0.15) is 59.3 Å². The molecule has 0 amide bonds. The van der Waals surface area contributed by atoms with Crippen molar-refractivity contribution in [1.82, 2.24) is 9.55 Å². The third kappa shape index (κ3) is 8.08. The van der Waals surface area contributed by atoms with Gasteiger partial charge in [0.1, 0.15) is 0 Å². The van der Waals surface area contributed by atoms with E-state index in [4.69, 9.17) is 21.3 Å². The first kappa shape index (κ1) is 31.6. The fourth-order valence-corrected chi connectivity index (χ4v) is 23.7. The first-order chi connectivity index (χ1) is 18.2. The van der Waals surface area contributed by atoms with Gasteiger partial charge in [0.25, 0.3) is 0 Å². The van der Waals surface area contributed by atoms with Crippen LogP contribution in [0.4, 0.5) is 4.39 Å². The minimum atomic E-state index is -2.83. The van der Waals surface area contributed by atoms with Gasteiger partial charge in [0.15, 0.2) is 0 Å². The van der Waals surface area contributed by atoms with Gasteiger partial charge in [-0.1, -0.05) is 0 Å². The molecule has 7 heteroatoms. The Morgan fingerprint density at radius 3 is 2.05 bits per heavy atom. The van der Waals surface area contributed by atoms with E-state index in [0.717, 1.165) is 39.8 Å². The van der Waals surface area contributed by atoms with E-state index < -0.39 is 26.5 Å². The molecule has 0 bridgehead atoms. The van der Waals surface area contributed by atoms with Gasteiger partial charge >= 0.3 is 242 Å². The number of aromatic nitrogens is 2. The normalized spacial score (nSPS) is 12.5. The van der Waals surface area contributed by atoms with Crippen molar-refractivity contribution < 1.29 is 9.13 Å². The van der Waals surface area contributed by atoms with Gasteiger partial charge in [0.05, 0.1) is 0 Å². The van der Waals surface area contributed by atoms with Crippen molar-refractivity contribution >= 4 is 52.7 Å². The van der Waals surface area contributed by atoms with Crippen molar-refractivity contribution in [1.29, 1.82) is 0 Å². The summed E-state index contributed by atoms with van der Waals surface area (Å²) in [6, 6.07) is 7.89. The number of hydrogen-bond donors (Lipinski definition) is 0. The summed E-state index contributed by atoms with van der Waals surface area (Å²) in [6.07, 6.45) is 11.7. The summed E-state index contributed by atoms with van der Waals surface area (Å²) < 4.78 is 27.5. The molecule has 3 rings (SSSR count). The predicted molar refractivity (Wildman–Crippen MR) is 169 cm³/mol. The van der Waals surface area contributed by atoms with Crippen LogP contribution in [0, 0.1) is 5.82 Å². The third-order valence-corrected chi connectivity index (χ3v) is 25.9. The predicted octanol–water partition coefficient (Wildman–Crippen LogP) is 9.86. The van der Waals surface area contributed by atoms with Crippen LogP contribution in [0.2, 0.25) is 44.0 Å². The molecule has 0 saturated heterocycles. The van der Waals surface area contributed by atoms with Crippen molar-refractivity contribution in [3.63, 3.8) is 0 Å². The van der Waals surface area contributed by atoms with Crippen molar-refractivity contribution in [2.24, 2.45) is 0 Å². The number of halogens is 2. The molecule has 38 heavy (non-hydrogen) atoms. The summed E-state index contributed by atoms with van der Waals surface area (Å²) in [6.45, 7) is 15.2. The first-order valence-corrected chi connectivity index (χ1v) is 26.2. The number of unbranched alkanes of at least 4 members (excludes halogenated alkanes) is 3. The fourth-order valence-electron chi connectivity index (χ4n) is 5.40. The monoisotopic (exact) mass is 666 g/mol. The SMILES string of the molecule is CCC[CH2][Sn]([CH2]CCC)([CH2]CCC)[c]1cnc2c(c(-c3ccc(F)cc3)cn2COCC[Si](C)(C)C)c1Cl. The van der Waals surface area contributed by atoms with Gasteiger partial charge in [-0.15, -0.1) is 0 Å². The molecule has 0 radical (unpaired) electrons. The maximum atomic E-state index is 13.8. The molecule has 3 nitrogen and oxygen atoms in total. The Balaban J connectivity index is 2.15. The Hall–Kier alpha value is -0.894. The van der Waals surface area contributed by atoms with Gasteiger partial charge in [-0.05, 0) is 0 Å². The maximum absolute atomic E-state index is 13.8. The van der Waals surface area contributed by atoms with Crippen LogP contribution in [0.5, 0.6) is 0 Å². The van der Waals surface area contributed by atoms with E-state index in [2.05, 4.69) is 57.4 Å². The van der Waals surface area contributed by atoms with Gasteiger partial charge in [-0.2, -0.15) is 0 Å². The molecule has 0 unspecified atom stereocenters. The molecular weight excluding hydrogens is 618 g/mol. The fraction of sp³-hybridized carbons (Fsp3) is 0.581. The Morgan fingerprint density at radius 2 is 1.53 bits per heavy atom. The van der Waals surface area contributed by atoms with Crippen LogP contribution in [-0.2, 0) is 11.5 Å². The summed E-state index contributed by atoms with van der Waals surface area (Å²) in [5, 5.41) is 1.91. The van der Waals surface area contributed by atoms with Crippen LogP contribution in [0.15, 0.2) is 36.7 Å². The van der Waals surface area contributed by atoms with E-state index in [9.17, 15) is 4.39 Å². The van der Waals surface area contributed by atoms with E-state index in [-0.39, 0.29) is 5.82 Å². The molecule has 1 aromatic carbocycles. The standard InChI is InChI=1S/C19H21ClFN2OSi.3C4H9.Sn/c1-25(2,3)11-10-24-13-23-12-16(14-4-6-15(21)7-5-14)18-17(20)8-9-22-19(18)23;3*1-3-4-2;/h4-7,9,12H,10-11,13H2,1-3H3;3*1,3-4H2,2H3;. The zero-order valence-corrected chi connectivity index (χ0v) is 29.1. The average molecular weight is 666 g/mol. The molecule has 0 aliphatic heterocycles. The molecule has 0 atom stereocenters. The second-order valence-corrected chi connectivity index (χ2v) is 31.3. The zero-order valence-electron chi connectivity index (χ0n) is 24.5. The topological polar surface area (TPSA) is 27.1 Å². The summed E-state index contributed by atoms with van der Waals surface area (Å²) in [4.78, 5) is 5.11. The number of nitrogens with zero attached hydrogens (tertiary/aromatic N) is 2. The number of pyridine rings is 1. The summed E-state index contributed by atoms with van der Waals surface area (Å²) >= 11 is 4.64. The molecule has 0 fully saturated rings. The van der Waals surface area contributed by atoms with Crippen LogP contribution in [-0.4, -0.2) is 42.6 Å². The first-order valence-electron chi connectivity index (χ1n) is 14.7. The second kappa shape index (κ2) is 14.7. The molecule has 3 aromatic rings. The van der Waals surface area contributed by atoms with Gasteiger partial charge < -0.3 is 0 Å². The Kier molecular flexibility index (Phi) is 12.2. The van der Waals surface area contributed by atoms with E-state index in [1.54, 1.807) is 0 Å². The Morgan fingerprint density at radius 1 is 0.947 bits per heavy atom. The molecule has 0 aliphatic rings. The van der Waals surface area contributed by atoms with E-state index in [1.807, 2.05) is 12.1 Å². The molecule has 0 N–H and O–H groups in total. The quantitative estimate of drug-likeness (QED) is 0.113. The van der Waals surface area contributed by atoms with Crippen molar-refractivity contribution in [2.75, 3.05) is 6.61 Å². The molecule has 2 aromatic heterocycles. The van der Waals surface area contributed by atoms with Crippen molar-refractivity contribution in [2.45, 2.75) is 105 Å². The van der Waals surface area contributed by atoms with Gasteiger partial charge in [0.2, 0.25) is 0 Å². The zero-order chi connectivity index (χ0) is 27.8. The third-order valence-electron chi connectivity index (χ3n) is 7.80. The molecule has 2 heterocycles. The van der Waals surface area contributed by atoms with Gasteiger partial charge in [-0.25, -0.2) is 0 Å². The molecule has 0 spiro atoms. The molecular formula is C31H48ClFN2OSiSn. The Bertz CT molecular complexity index is 1140. The van der Waals surface area contributed by atoms with Gasteiger partial charge in [0, 0.05) is 0 Å². The number of benzene rings is 1. The minimum absolute atomic E-state index is 0.231. The van der Waals surface area contributed by atoms with Crippen LogP contribution >= 0.6 is 11.6 Å². The van der Waals surface area contributed by atoms with Crippen molar-refractivity contribution in [3.8, 4) is 11.1 Å². The molecule has 0 saturated carbocycles. The molecule has 0 aliphatic carbocycles. The second-order valence-electron chi connectivity index (χ2n) is 12.1. The number of hydrogen-bond acceptors (Lipinski definition) is 2. The number of ether oxygens (including phenoxy) is 1. The number of rotatable bonds is 16. The summed E-state index contributed by atoms with van der Waals surface area (Å²) in [5.41, 5.74) is 2.86. The van der Waals surface area contributed by atoms with Crippen molar-refractivity contribution in [3.05, 3.63) is 47.5 Å². The van der Waals surface area contributed by atoms with E-state index >= 15 is 0 Å². The molecule has 210 valence electrons. The van der Waals surface area contributed by atoms with Crippen LogP contribution in [0.3, 0.4) is 0 Å². The number of fused-ring (bicyclic) bond motifs is 1. The Labute approximate surface area is 240 Å². The average Bonchev–Trinajstić information content (AvgIpc) is 3.26. The van der Waals surface area contributed by atoms with E-state index in [1.165, 1.54) is 67.5 Å². The van der Waals surface area contributed by atoms with Crippen LogP contribution < -0.4 is 3.58 Å². The summed E-state index contributed by atoms with van der Waals surface area (Å²) in [7, 11) is -1.17. The van der Waals surface area contributed by atoms with Crippen LogP contribution in [0.25, 0.3) is 22.2 Å². The summed E-state index contributed by atoms with van der Waals surface area (Å²) in [5.74, 6) is -0.231. The van der Waals surface area contributed by atoms with E-state index in [0.29, 0.717) is 6.73 Å².